The predicted molar refractivity (Wildman–Crippen MR) is 34.1 cm³/mol. The Morgan fingerprint density at radius 1 is 1.50 bits per heavy atom. The van der Waals surface area contributed by atoms with Gasteiger partial charge in [0.1, 0.15) is 0 Å². The quantitative estimate of drug-likeness (QED) is 0.510. The average Bonchev–Trinajstić information content (AvgIpc) is 1.65. The molecule has 0 saturated heterocycles. The first-order valence-corrected chi connectivity index (χ1v) is 2.26. The fourth-order valence-electron chi connectivity index (χ4n) is 0.236. The number of hydrogen-bond donors (Lipinski definition) is 0. The van der Waals surface area contributed by atoms with E-state index in [2.05, 4.69) is 4.74 Å². The molecule has 0 aliphatic rings. The topological polar surface area (TPSA) is 26.3 Å². The molecule has 0 fully saturated rings. The van der Waals surface area contributed by atoms with Crippen LogP contribution >= 0.6 is 12.4 Å². The molecule has 0 atom stereocenters. The summed E-state index contributed by atoms with van der Waals surface area (Å²) in [7, 11) is 1.39. The Morgan fingerprint density at radius 3 is 1.88 bits per heavy atom. The lowest BCUT2D eigenvalue weighted by Gasteiger charge is -1.97. The highest BCUT2D eigenvalue weighted by Gasteiger charge is 2.03. The fourth-order valence-corrected chi connectivity index (χ4v) is 0.236. The van der Waals surface area contributed by atoms with E-state index in [-0.39, 0.29) is 24.3 Å². The summed E-state index contributed by atoms with van der Waals surface area (Å²) >= 11 is 0. The normalized spacial score (nSPS) is 8.00. The second-order valence-electron chi connectivity index (χ2n) is 1.68. The molecule has 0 aromatic heterocycles. The molecule has 0 aliphatic heterocycles. The van der Waals surface area contributed by atoms with Crippen LogP contribution in [0.5, 0.6) is 0 Å². The Kier molecular flexibility index (Phi) is 6.56. The first kappa shape index (κ1) is 10.7. The van der Waals surface area contributed by atoms with Crippen molar-refractivity contribution >= 4 is 18.4 Å². The molecule has 0 saturated carbocycles. The van der Waals surface area contributed by atoms with Gasteiger partial charge < -0.3 is 4.74 Å². The summed E-state index contributed by atoms with van der Waals surface area (Å²) < 4.78 is 4.37. The molecule has 0 N–H and O–H groups in total. The molecule has 0 heterocycles. The fraction of sp³-hybridized carbons (Fsp3) is 0.800. The van der Waals surface area contributed by atoms with Gasteiger partial charge in [0.05, 0.1) is 13.0 Å². The lowest BCUT2D eigenvalue weighted by atomic mass is 10.2. The highest BCUT2D eigenvalue weighted by atomic mass is 35.5. The SMILES string of the molecule is COC(=O)C(C)C.Cl. The maximum atomic E-state index is 10.3. The predicted octanol–water partition coefficient (Wildman–Crippen LogP) is 1.24. The Balaban J connectivity index is 0. The lowest BCUT2D eigenvalue weighted by Crippen LogP contribution is -2.07. The van der Waals surface area contributed by atoms with Gasteiger partial charge in [-0.15, -0.1) is 12.4 Å². The van der Waals surface area contributed by atoms with Gasteiger partial charge >= 0.3 is 5.97 Å². The summed E-state index contributed by atoms with van der Waals surface area (Å²) in [5.74, 6) is -0.148. The van der Waals surface area contributed by atoms with Gasteiger partial charge in [-0.25, -0.2) is 0 Å². The van der Waals surface area contributed by atoms with Crippen LogP contribution in [0.1, 0.15) is 13.8 Å². The van der Waals surface area contributed by atoms with Crippen molar-refractivity contribution in [1.82, 2.24) is 0 Å². The van der Waals surface area contributed by atoms with Crippen LogP contribution in [0.15, 0.2) is 0 Å². The number of ether oxygens (including phenoxy) is 1. The number of carbonyl (C=O) groups excluding carboxylic acids is 1. The maximum absolute atomic E-state index is 10.3. The van der Waals surface area contributed by atoms with Gasteiger partial charge in [0, 0.05) is 0 Å². The van der Waals surface area contributed by atoms with Crippen LogP contribution in [0.4, 0.5) is 0 Å². The van der Waals surface area contributed by atoms with E-state index in [4.69, 9.17) is 0 Å². The highest BCUT2D eigenvalue weighted by Crippen LogP contribution is 1.91. The molecule has 0 aliphatic carbocycles. The van der Waals surface area contributed by atoms with Gasteiger partial charge in [-0.2, -0.15) is 0 Å². The summed E-state index contributed by atoms with van der Waals surface area (Å²) in [5, 5.41) is 0. The molecule has 0 radical (unpaired) electrons. The Bertz CT molecular complexity index is 70.8. The third-order valence-corrected chi connectivity index (χ3v) is 0.673. The third-order valence-electron chi connectivity index (χ3n) is 0.673. The van der Waals surface area contributed by atoms with Gasteiger partial charge in [0.15, 0.2) is 0 Å². The summed E-state index contributed by atoms with van der Waals surface area (Å²) in [5.41, 5.74) is 0. The average molecular weight is 139 g/mol. The van der Waals surface area contributed by atoms with E-state index in [1.807, 2.05) is 0 Å². The standard InChI is InChI=1S/C5H10O2.ClH/c1-4(2)5(6)7-3;/h4H,1-3H3;1H. The molecule has 3 heteroatoms. The molecule has 8 heavy (non-hydrogen) atoms. The van der Waals surface area contributed by atoms with Crippen LogP contribution in [-0.2, 0) is 9.53 Å². The molecule has 0 aromatic rings. The van der Waals surface area contributed by atoms with E-state index < -0.39 is 0 Å². The van der Waals surface area contributed by atoms with Crippen LogP contribution in [0, 0.1) is 5.92 Å². The van der Waals surface area contributed by atoms with Crippen molar-refractivity contribution in [3.63, 3.8) is 0 Å². The zero-order chi connectivity index (χ0) is 5.86. The van der Waals surface area contributed by atoms with E-state index >= 15 is 0 Å². The van der Waals surface area contributed by atoms with Crippen molar-refractivity contribution in [3.05, 3.63) is 0 Å². The zero-order valence-electron chi connectivity index (χ0n) is 5.30. The summed E-state index contributed by atoms with van der Waals surface area (Å²) in [6, 6.07) is 0. The van der Waals surface area contributed by atoms with Crippen LogP contribution in [0.25, 0.3) is 0 Å². The third kappa shape index (κ3) is 3.93. The largest absolute Gasteiger partial charge is 0.469 e. The second-order valence-corrected chi connectivity index (χ2v) is 1.68. The van der Waals surface area contributed by atoms with Gasteiger partial charge in [-0.3, -0.25) is 4.79 Å². The lowest BCUT2D eigenvalue weighted by molar-refractivity contribution is -0.144. The van der Waals surface area contributed by atoms with Crippen molar-refractivity contribution in [1.29, 1.82) is 0 Å². The van der Waals surface area contributed by atoms with E-state index in [1.165, 1.54) is 7.11 Å². The van der Waals surface area contributed by atoms with Crippen molar-refractivity contribution in [2.75, 3.05) is 7.11 Å². The van der Waals surface area contributed by atoms with Gasteiger partial charge in [-0.1, -0.05) is 13.8 Å². The van der Waals surface area contributed by atoms with E-state index in [0.717, 1.165) is 0 Å². The monoisotopic (exact) mass is 138 g/mol. The van der Waals surface area contributed by atoms with Crippen LogP contribution in [-0.4, -0.2) is 13.1 Å². The van der Waals surface area contributed by atoms with Crippen molar-refractivity contribution in [3.8, 4) is 0 Å². The molecule has 2 nitrogen and oxygen atoms in total. The van der Waals surface area contributed by atoms with E-state index in [1.54, 1.807) is 13.8 Å². The molecular formula is C5H11ClO2. The summed E-state index contributed by atoms with van der Waals surface area (Å²) in [6.45, 7) is 3.59. The van der Waals surface area contributed by atoms with Crippen LogP contribution in [0.3, 0.4) is 0 Å². The molecule has 0 bridgehead atoms. The number of rotatable bonds is 1. The van der Waals surface area contributed by atoms with Gasteiger partial charge in [0.2, 0.25) is 0 Å². The Hall–Kier alpha value is -0.240. The van der Waals surface area contributed by atoms with Crippen LogP contribution in [0.2, 0.25) is 0 Å². The minimum Gasteiger partial charge on any atom is -0.469 e. The van der Waals surface area contributed by atoms with E-state index in [9.17, 15) is 4.79 Å². The van der Waals surface area contributed by atoms with Crippen molar-refractivity contribution < 1.29 is 9.53 Å². The van der Waals surface area contributed by atoms with E-state index in [0.29, 0.717) is 0 Å². The Morgan fingerprint density at radius 2 is 1.88 bits per heavy atom. The first-order chi connectivity index (χ1) is 3.18. The van der Waals surface area contributed by atoms with Crippen molar-refractivity contribution in [2.24, 2.45) is 5.92 Å². The highest BCUT2D eigenvalue weighted by molar-refractivity contribution is 5.85. The maximum Gasteiger partial charge on any atom is 0.308 e. The van der Waals surface area contributed by atoms with Crippen LogP contribution < -0.4 is 0 Å². The summed E-state index contributed by atoms with van der Waals surface area (Å²) in [4.78, 5) is 10.3. The smallest absolute Gasteiger partial charge is 0.308 e. The molecule has 0 spiro atoms. The molecule has 0 aromatic carbocycles. The second kappa shape index (κ2) is 4.91. The number of carbonyl (C=O) groups is 1. The van der Waals surface area contributed by atoms with Crippen molar-refractivity contribution in [2.45, 2.75) is 13.8 Å². The van der Waals surface area contributed by atoms with Gasteiger partial charge in [-0.05, 0) is 0 Å². The minimum absolute atomic E-state index is 0. The van der Waals surface area contributed by atoms with Gasteiger partial charge in [0.25, 0.3) is 0 Å². The number of methoxy groups -OCH3 is 1. The molecule has 0 rings (SSSR count). The molecule has 0 amide bonds. The molecular weight excluding hydrogens is 128 g/mol. The number of halogens is 1. The summed E-state index contributed by atoms with van der Waals surface area (Å²) in [6.07, 6.45) is 0. The zero-order valence-corrected chi connectivity index (χ0v) is 6.12. The number of esters is 1. The molecule has 0 unspecified atom stereocenters. The Labute approximate surface area is 55.6 Å². The minimum atomic E-state index is -0.153. The number of hydrogen-bond acceptors (Lipinski definition) is 2. The first-order valence-electron chi connectivity index (χ1n) is 2.26. The molecule has 50 valence electrons.